The summed E-state index contributed by atoms with van der Waals surface area (Å²) in [6.45, 7) is 3.39. The first kappa shape index (κ1) is 9.32. The summed E-state index contributed by atoms with van der Waals surface area (Å²) in [7, 11) is 0. The van der Waals surface area contributed by atoms with Crippen molar-refractivity contribution in [3.05, 3.63) is 0 Å². The molecule has 0 saturated carbocycles. The van der Waals surface area contributed by atoms with Crippen molar-refractivity contribution in [2.24, 2.45) is 0 Å². The minimum absolute atomic E-state index is 0.0385. The molecule has 4 nitrogen and oxygen atoms in total. The summed E-state index contributed by atoms with van der Waals surface area (Å²) in [5, 5.41) is 11.7. The summed E-state index contributed by atoms with van der Waals surface area (Å²) in [5.74, 6) is 0. The van der Waals surface area contributed by atoms with E-state index < -0.39 is 0 Å². The molecule has 1 aliphatic rings. The number of aliphatic hydroxyl groups excluding tert-OH is 1. The average molecular weight is 172 g/mol. The van der Waals surface area contributed by atoms with E-state index in [4.69, 9.17) is 5.11 Å². The van der Waals surface area contributed by atoms with Gasteiger partial charge in [-0.15, -0.1) is 0 Å². The van der Waals surface area contributed by atoms with Crippen LogP contribution in [0.1, 0.15) is 19.8 Å². The van der Waals surface area contributed by atoms with Gasteiger partial charge in [0.2, 0.25) is 0 Å². The number of hydrogen-bond donors (Lipinski definition) is 2. The molecule has 1 aliphatic heterocycles. The topological polar surface area (TPSA) is 52.6 Å². The number of nitrogens with one attached hydrogen (secondary N) is 1. The molecule has 1 saturated heterocycles. The van der Waals surface area contributed by atoms with Gasteiger partial charge in [0.1, 0.15) is 0 Å². The highest BCUT2D eigenvalue weighted by molar-refractivity contribution is 5.74. The summed E-state index contributed by atoms with van der Waals surface area (Å²) in [5.41, 5.74) is 0. The van der Waals surface area contributed by atoms with E-state index in [-0.39, 0.29) is 18.7 Å². The van der Waals surface area contributed by atoms with E-state index in [1.54, 1.807) is 4.90 Å². The maximum atomic E-state index is 11.3. The summed E-state index contributed by atoms with van der Waals surface area (Å²) < 4.78 is 0. The molecule has 0 bridgehead atoms. The number of carbonyl (C=O) groups is 1. The van der Waals surface area contributed by atoms with Gasteiger partial charge >= 0.3 is 6.03 Å². The predicted octanol–water partition coefficient (Wildman–Crippen LogP) is 0.173. The van der Waals surface area contributed by atoms with Crippen LogP contribution in [0.5, 0.6) is 0 Å². The van der Waals surface area contributed by atoms with Crippen molar-refractivity contribution in [1.82, 2.24) is 10.2 Å². The first-order valence-electron chi connectivity index (χ1n) is 4.45. The van der Waals surface area contributed by atoms with Crippen molar-refractivity contribution in [2.45, 2.75) is 25.8 Å². The Morgan fingerprint density at radius 3 is 3.08 bits per heavy atom. The smallest absolute Gasteiger partial charge is 0.317 e. The molecule has 1 rings (SSSR count). The Bertz CT molecular complexity index is 161. The van der Waals surface area contributed by atoms with E-state index in [2.05, 4.69) is 5.32 Å². The van der Waals surface area contributed by atoms with Crippen molar-refractivity contribution in [3.8, 4) is 0 Å². The first-order valence-corrected chi connectivity index (χ1v) is 4.45. The molecular formula is C8H16N2O2. The van der Waals surface area contributed by atoms with E-state index in [0.29, 0.717) is 6.54 Å². The molecule has 4 heteroatoms. The van der Waals surface area contributed by atoms with Gasteiger partial charge < -0.3 is 15.3 Å². The molecule has 0 radical (unpaired) electrons. The lowest BCUT2D eigenvalue weighted by Crippen LogP contribution is -2.44. The van der Waals surface area contributed by atoms with Crippen LogP contribution in [0.3, 0.4) is 0 Å². The third-order valence-corrected chi connectivity index (χ3v) is 2.18. The van der Waals surface area contributed by atoms with Crippen LogP contribution in [0.4, 0.5) is 4.79 Å². The lowest BCUT2D eigenvalue weighted by Gasteiger charge is -2.22. The Labute approximate surface area is 72.6 Å². The Balaban J connectivity index is 2.43. The van der Waals surface area contributed by atoms with E-state index in [1.807, 2.05) is 6.92 Å². The maximum absolute atomic E-state index is 11.3. The summed E-state index contributed by atoms with van der Waals surface area (Å²) in [6.07, 6.45) is 1.93. The number of urea groups is 1. The molecule has 0 spiro atoms. The monoisotopic (exact) mass is 172 g/mol. The maximum Gasteiger partial charge on any atom is 0.317 e. The largest absolute Gasteiger partial charge is 0.394 e. The quantitative estimate of drug-likeness (QED) is 0.624. The zero-order valence-corrected chi connectivity index (χ0v) is 7.42. The fourth-order valence-corrected chi connectivity index (χ4v) is 1.55. The summed E-state index contributed by atoms with van der Waals surface area (Å²) >= 11 is 0. The van der Waals surface area contributed by atoms with Gasteiger partial charge in [0.25, 0.3) is 0 Å². The van der Waals surface area contributed by atoms with Gasteiger partial charge in [0.05, 0.1) is 12.6 Å². The second kappa shape index (κ2) is 4.30. The van der Waals surface area contributed by atoms with E-state index in [9.17, 15) is 4.79 Å². The minimum Gasteiger partial charge on any atom is -0.394 e. The molecule has 2 N–H and O–H groups in total. The van der Waals surface area contributed by atoms with Gasteiger partial charge in [-0.3, -0.25) is 0 Å². The highest BCUT2D eigenvalue weighted by Crippen LogP contribution is 2.15. The van der Waals surface area contributed by atoms with Crippen molar-refractivity contribution < 1.29 is 9.90 Å². The fraction of sp³-hybridized carbons (Fsp3) is 0.875. The molecule has 1 fully saturated rings. The molecule has 2 amide bonds. The van der Waals surface area contributed by atoms with Crippen molar-refractivity contribution >= 4 is 6.03 Å². The van der Waals surface area contributed by atoms with Crippen LogP contribution in [-0.2, 0) is 0 Å². The second-order valence-corrected chi connectivity index (χ2v) is 3.01. The van der Waals surface area contributed by atoms with Crippen LogP contribution in [-0.4, -0.2) is 41.8 Å². The highest BCUT2D eigenvalue weighted by Gasteiger charge is 2.27. The standard InChI is InChI=1S/C8H16N2O2/c1-2-9-8(12)10-5-3-4-7(10)6-11/h7,11H,2-6H2,1H3,(H,9,12). The summed E-state index contributed by atoms with van der Waals surface area (Å²) in [6, 6.07) is -0.00870. The molecule has 12 heavy (non-hydrogen) atoms. The van der Waals surface area contributed by atoms with Gasteiger partial charge in [0.15, 0.2) is 0 Å². The number of aliphatic hydroxyl groups is 1. The molecule has 70 valence electrons. The van der Waals surface area contributed by atoms with Crippen LogP contribution in [0.25, 0.3) is 0 Å². The van der Waals surface area contributed by atoms with E-state index in [0.717, 1.165) is 19.4 Å². The van der Waals surface area contributed by atoms with Crippen LogP contribution in [0.2, 0.25) is 0 Å². The molecule has 0 aliphatic carbocycles. The summed E-state index contributed by atoms with van der Waals surface area (Å²) in [4.78, 5) is 13.0. The first-order chi connectivity index (χ1) is 5.79. The lowest BCUT2D eigenvalue weighted by atomic mass is 10.2. The van der Waals surface area contributed by atoms with Gasteiger partial charge in [-0.2, -0.15) is 0 Å². The zero-order chi connectivity index (χ0) is 8.97. The van der Waals surface area contributed by atoms with Crippen LogP contribution in [0, 0.1) is 0 Å². The molecule has 1 unspecified atom stereocenters. The van der Waals surface area contributed by atoms with Crippen molar-refractivity contribution in [3.63, 3.8) is 0 Å². The third kappa shape index (κ3) is 1.88. The fourth-order valence-electron chi connectivity index (χ4n) is 1.55. The van der Waals surface area contributed by atoms with Crippen LogP contribution < -0.4 is 5.32 Å². The number of amides is 2. The molecule has 0 aromatic rings. The van der Waals surface area contributed by atoms with Crippen LogP contribution >= 0.6 is 0 Å². The van der Waals surface area contributed by atoms with Crippen molar-refractivity contribution in [1.29, 1.82) is 0 Å². The molecular weight excluding hydrogens is 156 g/mol. The van der Waals surface area contributed by atoms with Crippen LogP contribution in [0.15, 0.2) is 0 Å². The van der Waals surface area contributed by atoms with E-state index in [1.165, 1.54) is 0 Å². The Kier molecular flexibility index (Phi) is 3.34. The number of rotatable bonds is 2. The minimum atomic E-state index is -0.0472. The molecule has 0 aromatic heterocycles. The lowest BCUT2D eigenvalue weighted by molar-refractivity contribution is 0.157. The van der Waals surface area contributed by atoms with Gasteiger partial charge in [-0.25, -0.2) is 4.79 Å². The number of carbonyl (C=O) groups excluding carboxylic acids is 1. The SMILES string of the molecule is CCNC(=O)N1CCCC1CO. The Morgan fingerprint density at radius 2 is 2.50 bits per heavy atom. The third-order valence-electron chi connectivity index (χ3n) is 2.18. The number of hydrogen-bond acceptors (Lipinski definition) is 2. The normalized spacial score (nSPS) is 22.8. The second-order valence-electron chi connectivity index (χ2n) is 3.01. The van der Waals surface area contributed by atoms with Gasteiger partial charge in [0, 0.05) is 13.1 Å². The average Bonchev–Trinajstić information content (AvgIpc) is 2.51. The van der Waals surface area contributed by atoms with E-state index >= 15 is 0 Å². The number of nitrogens with zero attached hydrogens (tertiary/aromatic N) is 1. The zero-order valence-electron chi connectivity index (χ0n) is 7.42. The predicted molar refractivity (Wildman–Crippen MR) is 45.9 cm³/mol. The Morgan fingerprint density at radius 1 is 1.75 bits per heavy atom. The van der Waals surface area contributed by atoms with Crippen molar-refractivity contribution in [2.75, 3.05) is 19.7 Å². The molecule has 1 atom stereocenters. The number of likely N-dealkylation sites (tertiary alicyclic amines) is 1. The van der Waals surface area contributed by atoms with Gasteiger partial charge in [-0.1, -0.05) is 0 Å². The molecule has 1 heterocycles. The Hall–Kier alpha value is -0.770. The highest BCUT2D eigenvalue weighted by atomic mass is 16.3. The van der Waals surface area contributed by atoms with Gasteiger partial charge in [-0.05, 0) is 19.8 Å². The molecule has 0 aromatic carbocycles.